The maximum atomic E-state index is 14.0. The highest BCUT2D eigenvalue weighted by atomic mass is 19.1. The van der Waals surface area contributed by atoms with E-state index in [4.69, 9.17) is 9.15 Å². The summed E-state index contributed by atoms with van der Waals surface area (Å²) in [5.74, 6) is -2.31. The van der Waals surface area contributed by atoms with E-state index in [2.05, 4.69) is 30.6 Å². The number of halogens is 1. The number of amides is 2. The Morgan fingerprint density at radius 2 is 1.78 bits per heavy atom. The molecule has 0 radical (unpaired) electrons. The van der Waals surface area contributed by atoms with Crippen molar-refractivity contribution in [3.8, 4) is 17.1 Å². The van der Waals surface area contributed by atoms with Gasteiger partial charge in [0.05, 0.1) is 31.9 Å². The molecule has 45 heavy (non-hydrogen) atoms. The highest BCUT2D eigenvalue weighted by Crippen LogP contribution is 2.33. The Hall–Kier alpha value is -5.40. The second-order valence-corrected chi connectivity index (χ2v) is 10.9. The summed E-state index contributed by atoms with van der Waals surface area (Å²) in [5, 5.41) is 13.0. The summed E-state index contributed by atoms with van der Waals surface area (Å²) in [7, 11) is 2.49. The van der Waals surface area contributed by atoms with E-state index in [1.54, 1.807) is 64.1 Å². The molecule has 13 nitrogen and oxygen atoms in total. The summed E-state index contributed by atoms with van der Waals surface area (Å²) in [6.07, 6.45) is 0.288. The van der Waals surface area contributed by atoms with Gasteiger partial charge in [0, 0.05) is 5.56 Å². The topological polar surface area (TPSA) is 168 Å². The Bertz CT molecular complexity index is 1770. The molecule has 2 amide bonds. The zero-order chi connectivity index (χ0) is 32.9. The lowest BCUT2D eigenvalue weighted by atomic mass is 9.84. The molecule has 0 spiro atoms. The van der Waals surface area contributed by atoms with Crippen LogP contribution in [0.5, 0.6) is 5.75 Å². The molecule has 0 unspecified atom stereocenters. The van der Waals surface area contributed by atoms with Crippen molar-refractivity contribution >= 4 is 23.5 Å². The number of ketones is 1. The number of nitrogens with zero attached hydrogens (tertiary/aromatic N) is 4. The highest BCUT2D eigenvalue weighted by Gasteiger charge is 2.35. The maximum Gasteiger partial charge on any atom is 0.411 e. The van der Waals surface area contributed by atoms with Crippen LogP contribution in [0.15, 0.2) is 63.9 Å². The van der Waals surface area contributed by atoms with Gasteiger partial charge >= 0.3 is 6.09 Å². The quantitative estimate of drug-likeness (QED) is 0.234. The first-order chi connectivity index (χ1) is 21.4. The summed E-state index contributed by atoms with van der Waals surface area (Å²) in [4.78, 5) is 56.3. The lowest BCUT2D eigenvalue weighted by Crippen LogP contribution is -2.46. The monoisotopic (exact) mass is 620 g/mol. The molecule has 2 heterocycles. The molecule has 14 heteroatoms. The molecule has 1 atom stereocenters. The normalized spacial score (nSPS) is 12.0. The fraction of sp³-hybridized carbons (Fsp3) is 0.323. The molecule has 0 aliphatic rings. The van der Waals surface area contributed by atoms with Gasteiger partial charge in [0.25, 0.3) is 11.4 Å². The van der Waals surface area contributed by atoms with Crippen LogP contribution in [0.2, 0.25) is 0 Å². The van der Waals surface area contributed by atoms with Gasteiger partial charge in [-0.2, -0.15) is 0 Å². The fourth-order valence-electron chi connectivity index (χ4n) is 4.48. The van der Waals surface area contributed by atoms with Gasteiger partial charge in [-0.1, -0.05) is 50.2 Å². The Morgan fingerprint density at radius 3 is 2.42 bits per heavy atom. The molecular formula is C31H33FN6O7. The average Bonchev–Trinajstić information content (AvgIpc) is 3.53. The number of methoxy groups -OCH3 is 2. The molecule has 4 aromatic rings. The molecule has 0 saturated carbocycles. The third-order valence-electron chi connectivity index (χ3n) is 7.11. The summed E-state index contributed by atoms with van der Waals surface area (Å²) in [5.41, 5.74) is -0.685. The third kappa shape index (κ3) is 7.06. The number of carbonyl (C=O) groups excluding carboxylic acids is 3. The number of carbonyl (C=O) groups is 3. The van der Waals surface area contributed by atoms with Gasteiger partial charge < -0.3 is 19.2 Å². The fourth-order valence-corrected chi connectivity index (χ4v) is 4.48. The molecule has 2 N–H and O–H groups in total. The molecule has 0 bridgehead atoms. The molecule has 4 rings (SSSR count). The van der Waals surface area contributed by atoms with Crippen molar-refractivity contribution in [1.29, 1.82) is 0 Å². The molecule has 2 aromatic heterocycles. The highest BCUT2D eigenvalue weighted by molar-refractivity contribution is 5.98. The lowest BCUT2D eigenvalue weighted by Gasteiger charge is -2.22. The van der Waals surface area contributed by atoms with E-state index in [-0.39, 0.29) is 29.0 Å². The van der Waals surface area contributed by atoms with Gasteiger partial charge in [0.2, 0.25) is 17.6 Å². The van der Waals surface area contributed by atoms with E-state index in [9.17, 15) is 23.6 Å². The largest absolute Gasteiger partial charge is 0.494 e. The van der Waals surface area contributed by atoms with Crippen LogP contribution in [-0.2, 0) is 21.5 Å². The van der Waals surface area contributed by atoms with Crippen molar-refractivity contribution in [3.63, 3.8) is 0 Å². The Balaban J connectivity index is 1.60. The van der Waals surface area contributed by atoms with Crippen molar-refractivity contribution in [2.24, 2.45) is 5.92 Å². The third-order valence-corrected chi connectivity index (χ3v) is 7.11. The smallest absolute Gasteiger partial charge is 0.411 e. The molecule has 236 valence electrons. The molecule has 0 saturated heterocycles. The zero-order valence-electron chi connectivity index (χ0n) is 25.6. The second-order valence-electron chi connectivity index (χ2n) is 10.9. The van der Waals surface area contributed by atoms with Crippen LogP contribution in [-0.4, -0.2) is 57.8 Å². The number of Topliss-reactive ketones (excluding diaryl/α,β-unsaturated/α-hetero) is 1. The van der Waals surface area contributed by atoms with Crippen molar-refractivity contribution in [3.05, 3.63) is 88.2 Å². The summed E-state index contributed by atoms with van der Waals surface area (Å²) in [6.45, 7) is 6.44. The first-order valence-electron chi connectivity index (χ1n) is 13.9. The van der Waals surface area contributed by atoms with E-state index in [0.29, 0.717) is 11.1 Å². The Labute approximate surface area is 257 Å². The summed E-state index contributed by atoms with van der Waals surface area (Å²) < 4.78 is 30.5. The van der Waals surface area contributed by atoms with Gasteiger partial charge in [0.1, 0.15) is 18.1 Å². The van der Waals surface area contributed by atoms with Crippen molar-refractivity contribution < 1.29 is 32.7 Å². The van der Waals surface area contributed by atoms with E-state index >= 15 is 0 Å². The first-order valence-corrected chi connectivity index (χ1v) is 13.9. The van der Waals surface area contributed by atoms with Crippen molar-refractivity contribution in [2.45, 2.75) is 45.7 Å². The van der Waals surface area contributed by atoms with E-state index < -0.39 is 53.1 Å². The van der Waals surface area contributed by atoms with Crippen LogP contribution in [0.1, 0.15) is 49.8 Å². The van der Waals surface area contributed by atoms with E-state index in [1.165, 1.54) is 25.4 Å². The number of hydrogen-bond acceptors (Lipinski definition) is 10. The molecule has 0 aliphatic heterocycles. The number of benzene rings is 2. The van der Waals surface area contributed by atoms with Crippen LogP contribution in [0.25, 0.3) is 11.4 Å². The predicted molar refractivity (Wildman–Crippen MR) is 160 cm³/mol. The van der Waals surface area contributed by atoms with Crippen molar-refractivity contribution in [1.82, 2.24) is 25.1 Å². The minimum absolute atomic E-state index is 0.0373. The van der Waals surface area contributed by atoms with Gasteiger partial charge in [-0.15, -0.1) is 10.2 Å². The standard InChI is InChI=1S/C31H33FN6O7/c1-17(2)24(25(40)27-36-37-29(45-27)31(3,4)19-12-13-20(32)22(14-19)43-5)35-23(39)16-38-26(18-10-8-7-9-11-18)33-15-21(28(38)41)34-30(42)44-6/h7-15,17,24H,16H2,1-6H3,(H,34,42)(H,35,39)/t24-/m1/s1. The number of ether oxygens (including phenoxy) is 2. The average molecular weight is 621 g/mol. The van der Waals surface area contributed by atoms with E-state index in [0.717, 1.165) is 11.7 Å². The minimum atomic E-state index is -1.10. The predicted octanol–water partition coefficient (Wildman–Crippen LogP) is 3.97. The number of nitrogens with one attached hydrogen (secondary N) is 2. The number of aromatic nitrogens is 4. The number of rotatable bonds is 11. The lowest BCUT2D eigenvalue weighted by molar-refractivity contribution is -0.122. The van der Waals surface area contributed by atoms with Crippen LogP contribution in [0, 0.1) is 11.7 Å². The summed E-state index contributed by atoms with van der Waals surface area (Å²) >= 11 is 0. The molecular weight excluding hydrogens is 587 g/mol. The number of anilines is 1. The molecule has 2 aromatic carbocycles. The molecule has 0 aliphatic carbocycles. The Morgan fingerprint density at radius 1 is 1.07 bits per heavy atom. The Kier molecular flexibility index (Phi) is 9.75. The first kappa shape index (κ1) is 32.5. The van der Waals surface area contributed by atoms with E-state index in [1.807, 2.05) is 0 Å². The minimum Gasteiger partial charge on any atom is -0.494 e. The van der Waals surface area contributed by atoms with Gasteiger partial charge in [-0.3, -0.25) is 24.3 Å². The van der Waals surface area contributed by atoms with Crippen LogP contribution in [0.4, 0.5) is 14.9 Å². The SMILES string of the molecule is COC(=O)Nc1cnc(-c2ccccc2)n(CC(=O)N[C@@H](C(=O)c2nnc(C(C)(C)c3ccc(F)c(OC)c3)o2)C(C)C)c1=O. The summed E-state index contributed by atoms with van der Waals surface area (Å²) in [6, 6.07) is 11.9. The second kappa shape index (κ2) is 13.5. The van der Waals surface area contributed by atoms with Gasteiger partial charge in [-0.25, -0.2) is 14.2 Å². The van der Waals surface area contributed by atoms with Crippen LogP contribution >= 0.6 is 0 Å². The number of hydrogen-bond donors (Lipinski definition) is 2. The molecule has 0 fully saturated rings. The zero-order valence-corrected chi connectivity index (χ0v) is 25.6. The van der Waals surface area contributed by atoms with Gasteiger partial charge in [0.15, 0.2) is 11.6 Å². The van der Waals surface area contributed by atoms with Crippen molar-refractivity contribution in [2.75, 3.05) is 19.5 Å². The van der Waals surface area contributed by atoms with Crippen LogP contribution < -0.4 is 20.9 Å². The maximum absolute atomic E-state index is 14.0. The van der Waals surface area contributed by atoms with Crippen LogP contribution in [0.3, 0.4) is 0 Å². The van der Waals surface area contributed by atoms with Gasteiger partial charge in [-0.05, 0) is 37.5 Å².